The average molecular weight is 294 g/mol. The van der Waals surface area contributed by atoms with Gasteiger partial charge in [-0.15, -0.1) is 0 Å². The van der Waals surface area contributed by atoms with Crippen molar-refractivity contribution in [2.75, 3.05) is 7.11 Å². The number of thiocarbonyl (C=S) groups is 1. The van der Waals surface area contributed by atoms with Crippen LogP contribution >= 0.6 is 12.2 Å². The molecule has 0 aliphatic heterocycles. The van der Waals surface area contributed by atoms with Gasteiger partial charge in [0, 0.05) is 6.42 Å². The summed E-state index contributed by atoms with van der Waals surface area (Å²) in [5, 5.41) is 2.88. The van der Waals surface area contributed by atoms with Crippen molar-refractivity contribution < 1.29 is 9.53 Å². The highest BCUT2D eigenvalue weighted by atomic mass is 32.1. The van der Waals surface area contributed by atoms with E-state index in [0.29, 0.717) is 17.8 Å². The molecule has 0 heterocycles. The lowest BCUT2D eigenvalue weighted by Crippen LogP contribution is -2.46. The Morgan fingerprint density at radius 1 is 1.35 bits per heavy atom. The van der Waals surface area contributed by atoms with Gasteiger partial charge in [0.25, 0.3) is 0 Å². The van der Waals surface area contributed by atoms with Crippen LogP contribution in [0.15, 0.2) is 24.3 Å². The zero-order valence-electron chi connectivity index (χ0n) is 12.2. The van der Waals surface area contributed by atoms with E-state index in [4.69, 9.17) is 22.7 Å². The van der Waals surface area contributed by atoms with Crippen molar-refractivity contribution in [1.82, 2.24) is 5.32 Å². The number of rotatable bonds is 7. The van der Waals surface area contributed by atoms with E-state index in [1.54, 1.807) is 7.11 Å². The minimum Gasteiger partial charge on any atom is -0.497 e. The molecular weight excluding hydrogens is 272 g/mol. The Bertz CT molecular complexity index is 457. The molecular formula is C15H22N2O2S. The maximum absolute atomic E-state index is 11.9. The topological polar surface area (TPSA) is 64.3 Å². The van der Waals surface area contributed by atoms with Crippen LogP contribution in [0.4, 0.5) is 0 Å². The summed E-state index contributed by atoms with van der Waals surface area (Å²) in [7, 11) is 1.63. The molecule has 0 spiro atoms. The van der Waals surface area contributed by atoms with Gasteiger partial charge < -0.3 is 15.8 Å². The highest BCUT2D eigenvalue weighted by molar-refractivity contribution is 7.80. The fraction of sp³-hybridized carbons (Fsp3) is 0.467. The van der Waals surface area contributed by atoms with Gasteiger partial charge in [-0.05, 0) is 30.0 Å². The maximum atomic E-state index is 11.9. The van der Waals surface area contributed by atoms with Crippen LogP contribution in [-0.2, 0) is 11.2 Å². The fourth-order valence-corrected chi connectivity index (χ4v) is 2.19. The third-order valence-electron chi connectivity index (χ3n) is 3.09. The lowest BCUT2D eigenvalue weighted by Gasteiger charge is -2.21. The van der Waals surface area contributed by atoms with E-state index in [1.807, 2.05) is 38.1 Å². The summed E-state index contributed by atoms with van der Waals surface area (Å²) in [4.78, 5) is 12.2. The second kappa shape index (κ2) is 7.85. The van der Waals surface area contributed by atoms with Crippen LogP contribution in [-0.4, -0.2) is 24.0 Å². The molecule has 0 aliphatic carbocycles. The van der Waals surface area contributed by atoms with Gasteiger partial charge in [0.1, 0.15) is 5.75 Å². The monoisotopic (exact) mass is 294 g/mol. The SMILES string of the molecule is COc1ccc(CCC(=O)NC(C(N)=S)C(C)C)cc1. The number of amides is 1. The van der Waals surface area contributed by atoms with E-state index < -0.39 is 0 Å². The third kappa shape index (κ3) is 5.17. The summed E-state index contributed by atoms with van der Waals surface area (Å²) in [5.74, 6) is 0.969. The standard InChI is InChI=1S/C15H22N2O2S/c1-10(2)14(15(16)20)17-13(18)9-6-11-4-7-12(19-3)8-5-11/h4-5,7-8,10,14H,6,9H2,1-3H3,(H2,16,20)(H,17,18). The Labute approximate surface area is 125 Å². The first-order valence-corrected chi connectivity index (χ1v) is 7.06. The van der Waals surface area contributed by atoms with Gasteiger partial charge >= 0.3 is 0 Å². The lowest BCUT2D eigenvalue weighted by atomic mass is 10.0. The highest BCUT2D eigenvalue weighted by Crippen LogP contribution is 2.12. The molecule has 0 saturated heterocycles. The molecule has 0 bridgehead atoms. The number of nitrogens with one attached hydrogen (secondary N) is 1. The first-order chi connectivity index (χ1) is 9.43. The van der Waals surface area contributed by atoms with Crippen molar-refractivity contribution in [2.24, 2.45) is 11.7 Å². The average Bonchev–Trinajstić information content (AvgIpc) is 2.42. The highest BCUT2D eigenvalue weighted by Gasteiger charge is 2.18. The predicted octanol–water partition coefficient (Wildman–Crippen LogP) is 2.05. The van der Waals surface area contributed by atoms with Gasteiger partial charge in [0.2, 0.25) is 5.91 Å². The van der Waals surface area contributed by atoms with Gasteiger partial charge in [-0.25, -0.2) is 0 Å². The minimum absolute atomic E-state index is 0.0349. The molecule has 0 aliphatic rings. The Morgan fingerprint density at radius 3 is 2.40 bits per heavy atom. The minimum atomic E-state index is -0.242. The number of methoxy groups -OCH3 is 1. The number of hydrogen-bond acceptors (Lipinski definition) is 3. The Hall–Kier alpha value is -1.62. The summed E-state index contributed by atoms with van der Waals surface area (Å²) < 4.78 is 5.09. The Morgan fingerprint density at radius 2 is 1.95 bits per heavy atom. The zero-order valence-corrected chi connectivity index (χ0v) is 13.0. The normalized spacial score (nSPS) is 12.0. The van der Waals surface area contributed by atoms with E-state index in [1.165, 1.54) is 0 Å². The van der Waals surface area contributed by atoms with Gasteiger partial charge in [0.05, 0.1) is 18.1 Å². The van der Waals surface area contributed by atoms with Gasteiger partial charge in [-0.3, -0.25) is 4.79 Å². The van der Waals surface area contributed by atoms with Gasteiger partial charge in [-0.1, -0.05) is 38.2 Å². The third-order valence-corrected chi connectivity index (χ3v) is 3.34. The van der Waals surface area contributed by atoms with E-state index in [0.717, 1.165) is 11.3 Å². The van der Waals surface area contributed by atoms with Crippen molar-refractivity contribution in [2.45, 2.75) is 32.7 Å². The number of nitrogens with two attached hydrogens (primary N) is 1. The van der Waals surface area contributed by atoms with Crippen LogP contribution in [0, 0.1) is 5.92 Å². The summed E-state index contributed by atoms with van der Waals surface area (Å²) in [6, 6.07) is 7.45. The van der Waals surface area contributed by atoms with Crippen molar-refractivity contribution in [3.63, 3.8) is 0 Å². The molecule has 4 nitrogen and oxygen atoms in total. The molecule has 0 fully saturated rings. The molecule has 1 aromatic carbocycles. The number of ether oxygens (including phenoxy) is 1. The molecule has 20 heavy (non-hydrogen) atoms. The van der Waals surface area contributed by atoms with Crippen LogP contribution in [0.25, 0.3) is 0 Å². The number of carbonyl (C=O) groups is 1. The maximum Gasteiger partial charge on any atom is 0.220 e. The summed E-state index contributed by atoms with van der Waals surface area (Å²) in [5.41, 5.74) is 6.72. The number of aryl methyl sites for hydroxylation is 1. The smallest absolute Gasteiger partial charge is 0.220 e. The first kappa shape index (κ1) is 16.4. The second-order valence-corrected chi connectivity index (χ2v) is 5.51. The van der Waals surface area contributed by atoms with Crippen molar-refractivity contribution in [3.8, 4) is 5.75 Å². The predicted molar refractivity (Wildman–Crippen MR) is 84.9 cm³/mol. The summed E-state index contributed by atoms with van der Waals surface area (Å²) >= 11 is 4.97. The van der Waals surface area contributed by atoms with E-state index in [-0.39, 0.29) is 17.9 Å². The van der Waals surface area contributed by atoms with Crippen molar-refractivity contribution in [3.05, 3.63) is 29.8 Å². The molecule has 110 valence electrons. The molecule has 5 heteroatoms. The molecule has 1 amide bonds. The van der Waals surface area contributed by atoms with Crippen LogP contribution in [0.1, 0.15) is 25.8 Å². The summed E-state index contributed by atoms with van der Waals surface area (Å²) in [6.07, 6.45) is 1.09. The Kier molecular flexibility index (Phi) is 6.45. The molecule has 3 N–H and O–H groups in total. The molecule has 0 saturated carbocycles. The summed E-state index contributed by atoms with van der Waals surface area (Å²) in [6.45, 7) is 3.96. The first-order valence-electron chi connectivity index (χ1n) is 6.65. The lowest BCUT2D eigenvalue weighted by molar-refractivity contribution is -0.121. The van der Waals surface area contributed by atoms with E-state index >= 15 is 0 Å². The van der Waals surface area contributed by atoms with E-state index in [9.17, 15) is 4.79 Å². The zero-order chi connectivity index (χ0) is 15.1. The molecule has 1 aromatic rings. The Balaban J connectivity index is 2.47. The molecule has 1 unspecified atom stereocenters. The second-order valence-electron chi connectivity index (χ2n) is 5.04. The van der Waals surface area contributed by atoms with Crippen molar-refractivity contribution in [1.29, 1.82) is 0 Å². The van der Waals surface area contributed by atoms with Crippen LogP contribution in [0.5, 0.6) is 5.75 Å². The number of benzene rings is 1. The van der Waals surface area contributed by atoms with Gasteiger partial charge in [0.15, 0.2) is 0 Å². The molecule has 1 rings (SSSR count). The molecule has 1 atom stereocenters. The quantitative estimate of drug-likeness (QED) is 0.756. The fourth-order valence-electron chi connectivity index (χ4n) is 1.86. The van der Waals surface area contributed by atoms with Gasteiger partial charge in [-0.2, -0.15) is 0 Å². The van der Waals surface area contributed by atoms with Crippen LogP contribution in [0.3, 0.4) is 0 Å². The molecule has 0 radical (unpaired) electrons. The number of carbonyl (C=O) groups excluding carboxylic acids is 1. The van der Waals surface area contributed by atoms with Crippen LogP contribution < -0.4 is 15.8 Å². The largest absolute Gasteiger partial charge is 0.497 e. The molecule has 0 aromatic heterocycles. The van der Waals surface area contributed by atoms with E-state index in [2.05, 4.69) is 5.32 Å². The van der Waals surface area contributed by atoms with Crippen molar-refractivity contribution >= 4 is 23.1 Å². The van der Waals surface area contributed by atoms with Crippen LogP contribution in [0.2, 0.25) is 0 Å². The number of hydrogen-bond donors (Lipinski definition) is 2.